The van der Waals surface area contributed by atoms with Gasteiger partial charge >= 0.3 is 5.97 Å². The van der Waals surface area contributed by atoms with Crippen molar-refractivity contribution in [2.45, 2.75) is 45.6 Å². The molecule has 1 aliphatic heterocycles. The van der Waals surface area contributed by atoms with Gasteiger partial charge in [-0.25, -0.2) is 4.98 Å². The first-order valence-corrected chi connectivity index (χ1v) is 9.34. The number of thiazole rings is 1. The van der Waals surface area contributed by atoms with Gasteiger partial charge < -0.3 is 9.64 Å². The number of fused-ring (bicyclic) bond motifs is 1. The van der Waals surface area contributed by atoms with Gasteiger partial charge in [-0.1, -0.05) is 50.2 Å². The second-order valence-corrected chi connectivity index (χ2v) is 7.21. The fraction of sp³-hybridized carbons (Fsp3) is 0.556. The third kappa shape index (κ3) is 3.66. The van der Waals surface area contributed by atoms with Crippen LogP contribution in [0.1, 0.15) is 39.5 Å². The Balaban J connectivity index is 1.53. The Morgan fingerprint density at radius 3 is 2.65 bits per heavy atom. The lowest BCUT2D eigenvalue weighted by atomic mass is 9.98. The summed E-state index contributed by atoms with van der Waals surface area (Å²) in [6, 6.07) is 8.17. The molecule has 1 aliphatic rings. The van der Waals surface area contributed by atoms with Crippen molar-refractivity contribution < 1.29 is 9.53 Å². The lowest BCUT2D eigenvalue weighted by Gasteiger charge is -2.38. The molecule has 2 aromatic rings. The van der Waals surface area contributed by atoms with Crippen LogP contribution in [0.5, 0.6) is 0 Å². The number of benzene rings is 1. The minimum atomic E-state index is -0.0114. The smallest absolute Gasteiger partial charge is 0.309 e. The maximum absolute atomic E-state index is 12.3. The third-order valence-electron chi connectivity index (χ3n) is 4.29. The molecule has 0 amide bonds. The highest BCUT2D eigenvalue weighted by Gasteiger charge is 2.33. The molecular weight excluding hydrogens is 308 g/mol. The number of hydrogen-bond donors (Lipinski definition) is 0. The fourth-order valence-electron chi connectivity index (χ4n) is 3.00. The summed E-state index contributed by atoms with van der Waals surface area (Å²) >= 11 is 1.70. The predicted octanol–water partition coefficient (Wildman–Crippen LogP) is 4.24. The van der Waals surface area contributed by atoms with E-state index in [1.807, 2.05) is 18.2 Å². The summed E-state index contributed by atoms with van der Waals surface area (Å²) < 4.78 is 6.88. The number of anilines is 1. The quantitative estimate of drug-likeness (QED) is 0.711. The van der Waals surface area contributed by atoms with Crippen LogP contribution in [0.25, 0.3) is 10.2 Å². The van der Waals surface area contributed by atoms with Gasteiger partial charge in [0.05, 0.1) is 29.2 Å². The second-order valence-electron chi connectivity index (χ2n) is 6.20. The Bertz CT molecular complexity index is 625. The Hall–Kier alpha value is -1.62. The van der Waals surface area contributed by atoms with E-state index in [0.717, 1.165) is 49.4 Å². The first kappa shape index (κ1) is 16.2. The normalized spacial score (nSPS) is 15.2. The Labute approximate surface area is 141 Å². The molecule has 124 valence electrons. The molecule has 3 rings (SSSR count). The predicted molar refractivity (Wildman–Crippen MR) is 95.0 cm³/mol. The number of esters is 1. The van der Waals surface area contributed by atoms with Crippen LogP contribution in [-0.2, 0) is 9.53 Å². The van der Waals surface area contributed by atoms with Crippen molar-refractivity contribution in [2.75, 3.05) is 18.0 Å². The van der Waals surface area contributed by atoms with E-state index in [9.17, 15) is 4.79 Å². The van der Waals surface area contributed by atoms with Crippen molar-refractivity contribution in [3.63, 3.8) is 0 Å². The lowest BCUT2D eigenvalue weighted by molar-refractivity contribution is -0.155. The van der Waals surface area contributed by atoms with Gasteiger partial charge in [0, 0.05) is 0 Å². The zero-order valence-electron chi connectivity index (χ0n) is 13.8. The number of carbonyl (C=O) groups is 1. The van der Waals surface area contributed by atoms with Crippen molar-refractivity contribution >= 4 is 32.7 Å². The molecule has 1 fully saturated rings. The topological polar surface area (TPSA) is 42.4 Å². The van der Waals surface area contributed by atoms with Gasteiger partial charge in [0.25, 0.3) is 0 Å². The van der Waals surface area contributed by atoms with E-state index in [1.165, 1.54) is 4.70 Å². The van der Waals surface area contributed by atoms with Crippen molar-refractivity contribution in [1.82, 2.24) is 4.98 Å². The minimum absolute atomic E-state index is 0.0114. The highest BCUT2D eigenvalue weighted by atomic mass is 32.1. The summed E-state index contributed by atoms with van der Waals surface area (Å²) in [5.41, 5.74) is 1.04. The Morgan fingerprint density at radius 2 is 2.00 bits per heavy atom. The van der Waals surface area contributed by atoms with Crippen LogP contribution < -0.4 is 4.90 Å². The number of ether oxygens (including phenoxy) is 1. The number of carbonyl (C=O) groups excluding carboxylic acids is 1. The molecule has 0 saturated carbocycles. The van der Waals surface area contributed by atoms with Gasteiger partial charge in [0.1, 0.15) is 6.10 Å². The summed E-state index contributed by atoms with van der Waals surface area (Å²) in [4.78, 5) is 19.1. The molecule has 23 heavy (non-hydrogen) atoms. The SMILES string of the molecule is CCCC(CCC)C(=O)OC1CN(c2nc3ccccc3s2)C1. The number of aromatic nitrogens is 1. The van der Waals surface area contributed by atoms with Crippen LogP contribution in [0.15, 0.2) is 24.3 Å². The molecular formula is C18H24N2O2S. The van der Waals surface area contributed by atoms with Gasteiger partial charge in [0.15, 0.2) is 5.13 Å². The third-order valence-corrected chi connectivity index (χ3v) is 5.39. The maximum Gasteiger partial charge on any atom is 0.309 e. The van der Waals surface area contributed by atoms with Crippen molar-refractivity contribution in [1.29, 1.82) is 0 Å². The Morgan fingerprint density at radius 1 is 1.30 bits per heavy atom. The zero-order chi connectivity index (χ0) is 16.2. The van der Waals surface area contributed by atoms with Crippen molar-refractivity contribution in [3.8, 4) is 0 Å². The first-order valence-electron chi connectivity index (χ1n) is 8.52. The summed E-state index contributed by atoms with van der Waals surface area (Å²) in [6.07, 6.45) is 3.94. The molecule has 0 unspecified atom stereocenters. The molecule has 0 bridgehead atoms. The van der Waals surface area contributed by atoms with E-state index >= 15 is 0 Å². The number of para-hydroxylation sites is 1. The van der Waals surface area contributed by atoms with Crippen LogP contribution in [0.3, 0.4) is 0 Å². The summed E-state index contributed by atoms with van der Waals surface area (Å²) in [6.45, 7) is 5.76. The Kier molecular flexibility index (Phi) is 5.16. The molecule has 1 aromatic carbocycles. The highest BCUT2D eigenvalue weighted by Crippen LogP contribution is 2.32. The molecule has 5 heteroatoms. The van der Waals surface area contributed by atoms with Gasteiger partial charge in [-0.2, -0.15) is 0 Å². The van der Waals surface area contributed by atoms with Gasteiger partial charge in [-0.05, 0) is 25.0 Å². The highest BCUT2D eigenvalue weighted by molar-refractivity contribution is 7.22. The summed E-state index contributed by atoms with van der Waals surface area (Å²) in [7, 11) is 0. The summed E-state index contributed by atoms with van der Waals surface area (Å²) in [5, 5.41) is 1.03. The van der Waals surface area contributed by atoms with Crippen molar-refractivity contribution in [2.24, 2.45) is 5.92 Å². The van der Waals surface area contributed by atoms with Crippen LogP contribution in [-0.4, -0.2) is 30.1 Å². The summed E-state index contributed by atoms with van der Waals surface area (Å²) in [5.74, 6) is 0.0594. The van der Waals surface area contributed by atoms with E-state index in [1.54, 1.807) is 11.3 Å². The monoisotopic (exact) mass is 332 g/mol. The number of rotatable bonds is 7. The minimum Gasteiger partial charge on any atom is -0.458 e. The molecule has 0 spiro atoms. The maximum atomic E-state index is 12.3. The van der Waals surface area contributed by atoms with Gasteiger partial charge in [-0.3, -0.25) is 4.79 Å². The van der Waals surface area contributed by atoms with Crippen LogP contribution in [0.2, 0.25) is 0 Å². The van der Waals surface area contributed by atoms with E-state index in [-0.39, 0.29) is 18.0 Å². The van der Waals surface area contributed by atoms with Crippen molar-refractivity contribution in [3.05, 3.63) is 24.3 Å². The molecule has 0 N–H and O–H groups in total. The van der Waals surface area contributed by atoms with E-state index < -0.39 is 0 Å². The number of nitrogens with zero attached hydrogens (tertiary/aromatic N) is 2. The number of hydrogen-bond acceptors (Lipinski definition) is 5. The van der Waals surface area contributed by atoms with E-state index in [2.05, 4.69) is 29.8 Å². The average Bonchev–Trinajstić information content (AvgIpc) is 2.93. The molecule has 4 nitrogen and oxygen atoms in total. The largest absolute Gasteiger partial charge is 0.458 e. The molecule has 1 saturated heterocycles. The second kappa shape index (κ2) is 7.30. The van der Waals surface area contributed by atoms with Gasteiger partial charge in [0.2, 0.25) is 0 Å². The lowest BCUT2D eigenvalue weighted by Crippen LogP contribution is -2.53. The van der Waals surface area contributed by atoms with E-state index in [4.69, 9.17) is 4.74 Å². The molecule has 0 radical (unpaired) electrons. The zero-order valence-corrected chi connectivity index (χ0v) is 14.6. The molecule has 0 atom stereocenters. The first-order chi connectivity index (χ1) is 11.2. The molecule has 1 aromatic heterocycles. The van der Waals surface area contributed by atoms with Crippen LogP contribution in [0.4, 0.5) is 5.13 Å². The average molecular weight is 332 g/mol. The fourth-order valence-corrected chi connectivity index (χ4v) is 3.99. The van der Waals surface area contributed by atoms with Crippen LogP contribution in [0, 0.1) is 5.92 Å². The van der Waals surface area contributed by atoms with E-state index in [0.29, 0.717) is 0 Å². The standard InChI is InChI=1S/C18H24N2O2S/c1-3-7-13(8-4-2)17(21)22-14-11-20(12-14)18-19-15-9-5-6-10-16(15)23-18/h5-6,9-10,13-14H,3-4,7-8,11-12H2,1-2H3. The molecule has 0 aliphatic carbocycles. The molecule has 2 heterocycles. The van der Waals surface area contributed by atoms with Gasteiger partial charge in [-0.15, -0.1) is 0 Å². The van der Waals surface area contributed by atoms with Crippen LogP contribution >= 0.6 is 11.3 Å².